The van der Waals surface area contributed by atoms with Crippen LogP contribution in [0.15, 0.2) is 59.9 Å². The van der Waals surface area contributed by atoms with E-state index in [4.69, 9.17) is 9.02 Å². The molecule has 1 N–H and O–H groups in total. The lowest BCUT2D eigenvalue weighted by atomic mass is 10.1. The van der Waals surface area contributed by atoms with E-state index in [1.807, 2.05) is 12.1 Å². The van der Waals surface area contributed by atoms with Gasteiger partial charge in [-0.25, -0.2) is 4.79 Å². The lowest BCUT2D eigenvalue weighted by Gasteiger charge is -2.11. The summed E-state index contributed by atoms with van der Waals surface area (Å²) >= 11 is 0. The molecule has 0 saturated heterocycles. The van der Waals surface area contributed by atoms with Crippen LogP contribution < -0.4 is 4.18 Å². The zero-order valence-corrected chi connectivity index (χ0v) is 18.1. The SMILES string of the molecule is CCCS(=O)(=O)Oc1cccc(C(Cn2cc(C(=O)O)c3ccccc32)=NOCC)c1. The molecule has 164 valence electrons. The minimum Gasteiger partial charge on any atom is -0.478 e. The van der Waals surface area contributed by atoms with E-state index in [1.165, 1.54) is 0 Å². The van der Waals surface area contributed by atoms with E-state index in [9.17, 15) is 18.3 Å². The van der Waals surface area contributed by atoms with E-state index < -0.39 is 16.1 Å². The summed E-state index contributed by atoms with van der Waals surface area (Å²) in [6.07, 6.45) is 2.01. The summed E-state index contributed by atoms with van der Waals surface area (Å²) < 4.78 is 31.0. The van der Waals surface area contributed by atoms with Gasteiger partial charge in [0.05, 0.1) is 17.9 Å². The van der Waals surface area contributed by atoms with E-state index in [2.05, 4.69) is 5.16 Å². The summed E-state index contributed by atoms with van der Waals surface area (Å²) in [4.78, 5) is 16.9. The van der Waals surface area contributed by atoms with Crippen LogP contribution in [-0.4, -0.2) is 42.1 Å². The van der Waals surface area contributed by atoms with Crippen LogP contribution in [0.5, 0.6) is 5.75 Å². The van der Waals surface area contributed by atoms with E-state index in [-0.39, 0.29) is 23.6 Å². The van der Waals surface area contributed by atoms with Gasteiger partial charge in [-0.1, -0.05) is 42.4 Å². The van der Waals surface area contributed by atoms with Gasteiger partial charge in [0.1, 0.15) is 18.1 Å². The first-order chi connectivity index (χ1) is 14.8. The van der Waals surface area contributed by atoms with Crippen LogP contribution in [0.1, 0.15) is 36.2 Å². The molecule has 0 unspecified atom stereocenters. The van der Waals surface area contributed by atoms with Crippen molar-refractivity contribution in [1.29, 1.82) is 0 Å². The number of nitrogens with zero attached hydrogens (tertiary/aromatic N) is 2. The molecular formula is C22H24N2O6S. The quantitative estimate of drug-likeness (QED) is 0.289. The van der Waals surface area contributed by atoms with Crippen molar-refractivity contribution in [2.45, 2.75) is 26.8 Å². The van der Waals surface area contributed by atoms with Gasteiger partial charge in [-0.15, -0.1) is 0 Å². The molecule has 0 aliphatic rings. The average Bonchev–Trinajstić information content (AvgIpc) is 3.09. The maximum absolute atomic E-state index is 12.0. The number of aromatic nitrogens is 1. The van der Waals surface area contributed by atoms with Crippen molar-refractivity contribution >= 4 is 32.7 Å². The Labute approximate surface area is 180 Å². The van der Waals surface area contributed by atoms with Gasteiger partial charge in [0, 0.05) is 22.7 Å². The van der Waals surface area contributed by atoms with Crippen LogP contribution in [0.2, 0.25) is 0 Å². The maximum Gasteiger partial charge on any atom is 0.337 e. The molecule has 0 saturated carbocycles. The summed E-state index contributed by atoms with van der Waals surface area (Å²) in [6, 6.07) is 13.8. The van der Waals surface area contributed by atoms with Gasteiger partial charge in [0.2, 0.25) is 0 Å². The summed E-state index contributed by atoms with van der Waals surface area (Å²) in [7, 11) is -3.68. The van der Waals surface area contributed by atoms with Crippen molar-refractivity contribution in [3.8, 4) is 5.75 Å². The number of carboxylic acids is 1. The van der Waals surface area contributed by atoms with Gasteiger partial charge < -0.3 is 18.7 Å². The number of hydrogen-bond donors (Lipinski definition) is 1. The number of carboxylic acid groups (broad SMARTS) is 1. The number of carbonyl (C=O) groups is 1. The molecule has 9 heteroatoms. The fourth-order valence-electron chi connectivity index (χ4n) is 3.19. The Morgan fingerprint density at radius 2 is 1.90 bits per heavy atom. The second kappa shape index (κ2) is 9.65. The second-order valence-electron chi connectivity index (χ2n) is 6.82. The number of rotatable bonds is 10. The maximum atomic E-state index is 12.0. The van der Waals surface area contributed by atoms with E-state index in [1.54, 1.807) is 61.0 Å². The van der Waals surface area contributed by atoms with Crippen molar-refractivity contribution in [2.24, 2.45) is 5.16 Å². The smallest absolute Gasteiger partial charge is 0.337 e. The molecule has 0 aliphatic carbocycles. The number of hydrogen-bond acceptors (Lipinski definition) is 6. The van der Waals surface area contributed by atoms with Crippen LogP contribution in [0.3, 0.4) is 0 Å². The van der Waals surface area contributed by atoms with Crippen LogP contribution in [-0.2, 0) is 21.5 Å². The zero-order valence-electron chi connectivity index (χ0n) is 17.3. The van der Waals surface area contributed by atoms with E-state index in [0.29, 0.717) is 29.7 Å². The normalized spacial score (nSPS) is 12.1. The predicted molar refractivity (Wildman–Crippen MR) is 118 cm³/mol. The highest BCUT2D eigenvalue weighted by molar-refractivity contribution is 7.87. The summed E-state index contributed by atoms with van der Waals surface area (Å²) in [6.45, 7) is 4.12. The number of fused-ring (bicyclic) bond motifs is 1. The highest BCUT2D eigenvalue weighted by atomic mass is 32.2. The molecule has 0 spiro atoms. The van der Waals surface area contributed by atoms with Crippen molar-refractivity contribution in [1.82, 2.24) is 4.57 Å². The van der Waals surface area contributed by atoms with Crippen LogP contribution in [0.4, 0.5) is 0 Å². The van der Waals surface area contributed by atoms with Crippen molar-refractivity contribution < 1.29 is 27.3 Å². The van der Waals surface area contributed by atoms with Crippen molar-refractivity contribution in [3.05, 3.63) is 65.9 Å². The molecule has 3 aromatic rings. The number of aromatic carboxylic acids is 1. The van der Waals surface area contributed by atoms with Gasteiger partial charge in [-0.05, 0) is 31.5 Å². The Bertz CT molecular complexity index is 1210. The second-order valence-corrected chi connectivity index (χ2v) is 8.51. The average molecular weight is 445 g/mol. The van der Waals surface area contributed by atoms with Gasteiger partial charge in [-0.3, -0.25) is 0 Å². The molecule has 8 nitrogen and oxygen atoms in total. The molecule has 0 atom stereocenters. The fourth-order valence-corrected chi connectivity index (χ4v) is 4.17. The molecule has 0 amide bonds. The largest absolute Gasteiger partial charge is 0.478 e. The molecular weight excluding hydrogens is 420 g/mol. The number of oxime groups is 1. The first-order valence-corrected chi connectivity index (χ1v) is 11.4. The molecule has 3 rings (SSSR count). The summed E-state index contributed by atoms with van der Waals surface area (Å²) in [5, 5.41) is 14.3. The number of para-hydroxylation sites is 1. The zero-order chi connectivity index (χ0) is 22.4. The third kappa shape index (κ3) is 5.43. The Morgan fingerprint density at radius 1 is 1.13 bits per heavy atom. The fraction of sp³-hybridized carbons (Fsp3) is 0.273. The van der Waals surface area contributed by atoms with E-state index >= 15 is 0 Å². The van der Waals surface area contributed by atoms with Crippen LogP contribution >= 0.6 is 0 Å². The molecule has 31 heavy (non-hydrogen) atoms. The molecule has 0 aliphatic heterocycles. The Kier molecular flexibility index (Phi) is 6.96. The van der Waals surface area contributed by atoms with Gasteiger partial charge >= 0.3 is 16.1 Å². The Hall–Kier alpha value is -3.33. The topological polar surface area (TPSA) is 107 Å². The van der Waals surface area contributed by atoms with Gasteiger partial charge in [0.25, 0.3) is 0 Å². The third-order valence-corrected chi connectivity index (χ3v) is 5.84. The number of benzene rings is 2. The first-order valence-electron chi connectivity index (χ1n) is 9.87. The lowest BCUT2D eigenvalue weighted by molar-refractivity contribution is 0.0698. The predicted octanol–water partition coefficient (Wildman–Crippen LogP) is 3.90. The Morgan fingerprint density at radius 3 is 2.61 bits per heavy atom. The van der Waals surface area contributed by atoms with Gasteiger partial charge in [0.15, 0.2) is 0 Å². The van der Waals surface area contributed by atoms with Crippen LogP contribution in [0, 0.1) is 0 Å². The molecule has 1 heterocycles. The minimum absolute atomic E-state index is 0.0789. The van der Waals surface area contributed by atoms with Crippen molar-refractivity contribution in [2.75, 3.05) is 12.4 Å². The molecule has 0 fully saturated rings. The summed E-state index contributed by atoms with van der Waals surface area (Å²) in [5.74, 6) is -0.918. The van der Waals surface area contributed by atoms with Crippen molar-refractivity contribution in [3.63, 3.8) is 0 Å². The summed E-state index contributed by atoms with van der Waals surface area (Å²) in [5.41, 5.74) is 2.03. The first kappa shape index (κ1) is 22.4. The minimum atomic E-state index is -3.68. The Balaban J connectivity index is 1.99. The monoisotopic (exact) mass is 444 g/mol. The molecule has 1 aromatic heterocycles. The highest BCUT2D eigenvalue weighted by Gasteiger charge is 2.17. The third-order valence-electron chi connectivity index (χ3n) is 4.49. The highest BCUT2D eigenvalue weighted by Crippen LogP contribution is 2.23. The molecule has 0 radical (unpaired) electrons. The van der Waals surface area contributed by atoms with Crippen LogP contribution in [0.25, 0.3) is 10.9 Å². The van der Waals surface area contributed by atoms with Gasteiger partial charge in [-0.2, -0.15) is 8.42 Å². The molecule has 2 aromatic carbocycles. The standard InChI is InChI=1S/C22H24N2O6S/c1-3-12-31(27,28)30-17-9-7-8-16(13-17)20(23-29-4-2)15-24-14-19(22(25)26)18-10-5-6-11-21(18)24/h5-11,13-14H,3-4,12,15H2,1-2H3,(H,25,26). The molecule has 0 bridgehead atoms. The van der Waals surface area contributed by atoms with E-state index in [0.717, 1.165) is 5.52 Å². The lowest BCUT2D eigenvalue weighted by Crippen LogP contribution is -2.15.